The topological polar surface area (TPSA) is 43.4 Å². The first-order valence-electron chi connectivity index (χ1n) is 7.87. The molecule has 0 unspecified atom stereocenters. The van der Waals surface area contributed by atoms with E-state index in [9.17, 15) is 21.6 Å². The third-order valence-corrected chi connectivity index (χ3v) is 6.80. The molecule has 0 aliphatic heterocycles. The van der Waals surface area contributed by atoms with Gasteiger partial charge in [-0.1, -0.05) is 30.3 Å². The third kappa shape index (κ3) is 3.49. The molecule has 0 spiro atoms. The van der Waals surface area contributed by atoms with Crippen molar-refractivity contribution < 1.29 is 25.8 Å². The van der Waals surface area contributed by atoms with Crippen LogP contribution in [-0.2, 0) is 10.1 Å². The highest BCUT2D eigenvalue weighted by Crippen LogP contribution is 2.39. The van der Waals surface area contributed by atoms with E-state index < -0.39 is 21.4 Å². The van der Waals surface area contributed by atoms with Gasteiger partial charge in [-0.3, -0.25) is 0 Å². The fraction of sp³-hybridized carbons (Fsp3) is 0.0526. The normalized spacial score (nSPS) is 12.6. The highest BCUT2D eigenvalue weighted by atomic mass is 79.9. The summed E-state index contributed by atoms with van der Waals surface area (Å²) in [5, 5.41) is 2.22. The monoisotopic (exact) mass is 486 g/mol. The Hall–Kier alpha value is -2.10. The van der Waals surface area contributed by atoms with E-state index >= 15 is 0 Å². The number of hydrogen-bond donors (Lipinski definition) is 0. The van der Waals surface area contributed by atoms with Gasteiger partial charge in [0.25, 0.3) is 0 Å². The summed E-state index contributed by atoms with van der Waals surface area (Å²) < 4.78 is 65.9. The Morgan fingerprint density at radius 2 is 1.57 bits per heavy atom. The van der Waals surface area contributed by atoms with Crippen LogP contribution in [0.25, 0.3) is 31.3 Å². The highest BCUT2D eigenvalue weighted by molar-refractivity contribution is 9.10. The zero-order valence-electron chi connectivity index (χ0n) is 13.8. The molecule has 144 valence electrons. The second-order valence-electron chi connectivity index (χ2n) is 5.98. The first kappa shape index (κ1) is 19.2. The molecule has 0 N–H and O–H groups in total. The zero-order valence-corrected chi connectivity index (χ0v) is 17.0. The van der Waals surface area contributed by atoms with Crippen LogP contribution < -0.4 is 4.18 Å². The SMILES string of the molecule is O=S(=O)(Oc1cc2cc3cc(-c4ccccc4)sc3cc2cc1Br)C(F)(F)F. The van der Waals surface area contributed by atoms with Gasteiger partial charge < -0.3 is 4.18 Å². The van der Waals surface area contributed by atoms with Gasteiger partial charge >= 0.3 is 15.6 Å². The molecule has 0 saturated carbocycles. The van der Waals surface area contributed by atoms with Crippen molar-refractivity contribution in [2.24, 2.45) is 0 Å². The number of benzene rings is 3. The van der Waals surface area contributed by atoms with Crippen LogP contribution >= 0.6 is 27.3 Å². The molecule has 9 heteroatoms. The van der Waals surface area contributed by atoms with E-state index in [0.717, 1.165) is 25.9 Å². The summed E-state index contributed by atoms with van der Waals surface area (Å²) >= 11 is 4.69. The van der Waals surface area contributed by atoms with Crippen LogP contribution in [0.3, 0.4) is 0 Å². The minimum Gasteiger partial charge on any atom is -0.375 e. The Morgan fingerprint density at radius 1 is 0.893 bits per heavy atom. The number of hydrogen-bond acceptors (Lipinski definition) is 4. The van der Waals surface area contributed by atoms with Gasteiger partial charge in [0, 0.05) is 9.58 Å². The van der Waals surface area contributed by atoms with Crippen molar-refractivity contribution in [3.63, 3.8) is 0 Å². The Kier molecular flexibility index (Phi) is 4.64. The van der Waals surface area contributed by atoms with Gasteiger partial charge in [0.05, 0.1) is 4.47 Å². The van der Waals surface area contributed by atoms with Gasteiger partial charge in [0.15, 0.2) is 5.75 Å². The second-order valence-corrected chi connectivity index (χ2v) is 9.46. The van der Waals surface area contributed by atoms with Gasteiger partial charge in [-0.15, -0.1) is 11.3 Å². The molecular weight excluding hydrogens is 477 g/mol. The molecule has 4 aromatic rings. The number of rotatable bonds is 3. The van der Waals surface area contributed by atoms with Crippen molar-refractivity contribution in [1.29, 1.82) is 0 Å². The fourth-order valence-electron chi connectivity index (χ4n) is 2.76. The Bertz CT molecular complexity index is 1300. The molecule has 0 amide bonds. The summed E-state index contributed by atoms with van der Waals surface area (Å²) in [7, 11) is -5.74. The van der Waals surface area contributed by atoms with E-state index in [1.54, 1.807) is 17.4 Å². The lowest BCUT2D eigenvalue weighted by molar-refractivity contribution is -0.0500. The predicted molar refractivity (Wildman–Crippen MR) is 108 cm³/mol. The second kappa shape index (κ2) is 6.75. The van der Waals surface area contributed by atoms with Crippen LogP contribution in [0.15, 0.2) is 65.1 Å². The van der Waals surface area contributed by atoms with Crippen molar-refractivity contribution in [3.05, 3.63) is 65.1 Å². The molecule has 0 aliphatic rings. The summed E-state index contributed by atoms with van der Waals surface area (Å²) in [6.07, 6.45) is 0. The molecule has 4 rings (SSSR count). The van der Waals surface area contributed by atoms with Crippen molar-refractivity contribution in [1.82, 2.24) is 0 Å². The lowest BCUT2D eigenvalue weighted by Crippen LogP contribution is -2.28. The highest BCUT2D eigenvalue weighted by Gasteiger charge is 2.48. The van der Waals surface area contributed by atoms with Gasteiger partial charge in [-0.25, -0.2) is 0 Å². The maximum Gasteiger partial charge on any atom is 0.534 e. The van der Waals surface area contributed by atoms with Crippen LogP contribution in [0.5, 0.6) is 5.75 Å². The van der Waals surface area contributed by atoms with Crippen molar-refractivity contribution >= 4 is 58.2 Å². The molecule has 1 heterocycles. The molecular formula is C19H10BrF3O3S2. The number of thiophene rings is 1. The molecule has 28 heavy (non-hydrogen) atoms. The number of fused-ring (bicyclic) bond motifs is 2. The van der Waals surface area contributed by atoms with Gasteiger partial charge in [0.1, 0.15) is 0 Å². The van der Waals surface area contributed by atoms with Crippen LogP contribution in [-0.4, -0.2) is 13.9 Å². The zero-order chi connectivity index (χ0) is 20.1. The lowest BCUT2D eigenvalue weighted by atomic mass is 10.1. The average Bonchev–Trinajstić information content (AvgIpc) is 3.03. The number of halogens is 4. The molecule has 0 fully saturated rings. The van der Waals surface area contributed by atoms with Gasteiger partial charge in [-0.05, 0) is 68.0 Å². The van der Waals surface area contributed by atoms with Crippen LogP contribution in [0.2, 0.25) is 0 Å². The smallest absolute Gasteiger partial charge is 0.375 e. The van der Waals surface area contributed by atoms with Crippen molar-refractivity contribution in [2.45, 2.75) is 5.51 Å². The average molecular weight is 487 g/mol. The van der Waals surface area contributed by atoms with E-state index in [1.165, 1.54) is 12.1 Å². The van der Waals surface area contributed by atoms with Crippen LogP contribution in [0.1, 0.15) is 0 Å². The van der Waals surface area contributed by atoms with E-state index in [4.69, 9.17) is 0 Å². The summed E-state index contributed by atoms with van der Waals surface area (Å²) in [4.78, 5) is 1.06. The molecule has 0 radical (unpaired) electrons. The predicted octanol–water partition coefficient (Wildman–Crippen LogP) is 6.71. The molecule has 3 nitrogen and oxygen atoms in total. The summed E-state index contributed by atoms with van der Waals surface area (Å²) in [6, 6.07) is 18.3. The Balaban J connectivity index is 1.82. The van der Waals surface area contributed by atoms with Gasteiger partial charge in [0.2, 0.25) is 0 Å². The molecule has 0 aliphatic carbocycles. The Labute approximate surface area is 170 Å². The van der Waals surface area contributed by atoms with Crippen molar-refractivity contribution in [3.8, 4) is 16.2 Å². The minimum atomic E-state index is -5.74. The quantitative estimate of drug-likeness (QED) is 0.238. The standard InChI is InChI=1S/C19H10BrF3O3S2/c20-15-7-13-9-18-14(10-17(27-18)11-4-2-1-3-5-11)6-12(13)8-16(15)26-28(24,25)19(21,22)23/h1-10H. The summed E-state index contributed by atoms with van der Waals surface area (Å²) in [5.74, 6) is -0.414. The van der Waals surface area contributed by atoms with E-state index in [0.29, 0.717) is 5.39 Å². The maximum absolute atomic E-state index is 12.6. The van der Waals surface area contributed by atoms with Crippen LogP contribution in [0.4, 0.5) is 13.2 Å². The first-order valence-corrected chi connectivity index (χ1v) is 10.9. The van der Waals surface area contributed by atoms with Crippen LogP contribution in [0, 0.1) is 0 Å². The maximum atomic E-state index is 12.6. The molecule has 3 aromatic carbocycles. The van der Waals surface area contributed by atoms with E-state index in [1.807, 2.05) is 42.5 Å². The molecule has 1 aromatic heterocycles. The molecule has 0 bridgehead atoms. The molecule has 0 atom stereocenters. The summed E-state index contributed by atoms with van der Waals surface area (Å²) in [6.45, 7) is 0. The first-order chi connectivity index (χ1) is 13.1. The number of alkyl halides is 3. The fourth-order valence-corrected chi connectivity index (χ4v) is 4.88. The molecule has 0 saturated heterocycles. The largest absolute Gasteiger partial charge is 0.534 e. The third-order valence-electron chi connectivity index (χ3n) is 4.07. The summed E-state index contributed by atoms with van der Waals surface area (Å²) in [5.41, 5.74) is -4.43. The minimum absolute atomic E-state index is 0.118. The van der Waals surface area contributed by atoms with E-state index in [2.05, 4.69) is 20.1 Å². The van der Waals surface area contributed by atoms with Gasteiger partial charge in [-0.2, -0.15) is 21.6 Å². The lowest BCUT2D eigenvalue weighted by Gasteiger charge is -2.11. The Morgan fingerprint density at radius 3 is 2.25 bits per heavy atom. The van der Waals surface area contributed by atoms with Crippen molar-refractivity contribution in [2.75, 3.05) is 0 Å². The van der Waals surface area contributed by atoms with E-state index in [-0.39, 0.29) is 4.47 Å².